The van der Waals surface area contributed by atoms with Crippen LogP contribution in [0.2, 0.25) is 0 Å². The van der Waals surface area contributed by atoms with E-state index < -0.39 is 10.0 Å². The number of nitrogens with zero attached hydrogens (tertiary/aromatic N) is 1. The SMILES string of the molecule is CC(C)CC(=O)NC(Oc1ccc(/C=C2\SC(=S)N(Cc3ccccc3)C2=O)cc1)C(Cl)(Cl)Cl. The van der Waals surface area contributed by atoms with E-state index in [9.17, 15) is 9.59 Å². The van der Waals surface area contributed by atoms with Crippen LogP contribution in [-0.4, -0.2) is 31.1 Å². The minimum atomic E-state index is -1.86. The maximum atomic E-state index is 12.9. The highest BCUT2D eigenvalue weighted by atomic mass is 35.6. The summed E-state index contributed by atoms with van der Waals surface area (Å²) in [5.41, 5.74) is 1.78. The van der Waals surface area contributed by atoms with E-state index in [1.807, 2.05) is 44.2 Å². The average molecular weight is 558 g/mol. The third-order valence-electron chi connectivity index (χ3n) is 4.67. The molecule has 0 aliphatic carbocycles. The number of alkyl halides is 3. The van der Waals surface area contributed by atoms with Gasteiger partial charge < -0.3 is 10.1 Å². The lowest BCUT2D eigenvalue weighted by Gasteiger charge is -2.26. The first-order chi connectivity index (χ1) is 16.0. The van der Waals surface area contributed by atoms with Crippen LogP contribution in [0.1, 0.15) is 31.4 Å². The summed E-state index contributed by atoms with van der Waals surface area (Å²) in [7, 11) is 0. The number of carbonyl (C=O) groups is 2. The van der Waals surface area contributed by atoms with Crippen LogP contribution in [0.5, 0.6) is 5.75 Å². The Hall–Kier alpha value is -1.77. The predicted molar refractivity (Wildman–Crippen MR) is 144 cm³/mol. The summed E-state index contributed by atoms with van der Waals surface area (Å²) in [4.78, 5) is 27.1. The number of halogens is 3. The quantitative estimate of drug-likeness (QED) is 0.178. The Labute approximate surface area is 223 Å². The number of thiocarbonyl (C=S) groups is 1. The molecule has 1 N–H and O–H groups in total. The van der Waals surface area contributed by atoms with Crippen molar-refractivity contribution in [2.24, 2.45) is 5.92 Å². The van der Waals surface area contributed by atoms with E-state index in [-0.39, 0.29) is 24.2 Å². The molecule has 5 nitrogen and oxygen atoms in total. The number of benzene rings is 2. The molecule has 0 radical (unpaired) electrons. The zero-order chi connectivity index (χ0) is 24.9. The molecule has 34 heavy (non-hydrogen) atoms. The molecule has 1 aliphatic heterocycles. The van der Waals surface area contributed by atoms with E-state index in [1.165, 1.54) is 11.8 Å². The van der Waals surface area contributed by atoms with Gasteiger partial charge in [0.2, 0.25) is 15.9 Å². The molecule has 180 valence electrons. The fourth-order valence-electron chi connectivity index (χ4n) is 3.09. The van der Waals surface area contributed by atoms with Crippen molar-refractivity contribution in [2.45, 2.75) is 36.8 Å². The molecule has 1 atom stereocenters. The van der Waals surface area contributed by atoms with Crippen LogP contribution >= 0.6 is 58.8 Å². The van der Waals surface area contributed by atoms with E-state index in [4.69, 9.17) is 51.8 Å². The molecule has 2 aromatic carbocycles. The Balaban J connectivity index is 1.68. The summed E-state index contributed by atoms with van der Waals surface area (Å²) in [6.07, 6.45) is 0.885. The third-order valence-corrected chi connectivity index (χ3v) is 6.64. The number of carbonyl (C=O) groups excluding carboxylic acids is 2. The van der Waals surface area contributed by atoms with Crippen molar-refractivity contribution in [1.29, 1.82) is 0 Å². The lowest BCUT2D eigenvalue weighted by molar-refractivity contribution is -0.124. The zero-order valence-electron chi connectivity index (χ0n) is 18.5. The van der Waals surface area contributed by atoms with Crippen LogP contribution in [0.3, 0.4) is 0 Å². The van der Waals surface area contributed by atoms with Crippen LogP contribution in [0.4, 0.5) is 0 Å². The number of amides is 2. The second-order valence-electron chi connectivity index (χ2n) is 8.03. The molecule has 2 aromatic rings. The normalized spacial score (nSPS) is 16.3. The van der Waals surface area contributed by atoms with Gasteiger partial charge in [0.1, 0.15) is 10.1 Å². The third kappa shape index (κ3) is 7.62. The Bertz CT molecular complexity index is 1070. The van der Waals surface area contributed by atoms with Crippen molar-refractivity contribution in [3.63, 3.8) is 0 Å². The van der Waals surface area contributed by atoms with Crippen molar-refractivity contribution in [3.05, 3.63) is 70.6 Å². The Morgan fingerprint density at radius 1 is 1.15 bits per heavy atom. The molecule has 1 heterocycles. The largest absolute Gasteiger partial charge is 0.466 e. The van der Waals surface area contributed by atoms with Gasteiger partial charge in [-0.05, 0) is 35.3 Å². The van der Waals surface area contributed by atoms with Crippen molar-refractivity contribution in [2.75, 3.05) is 0 Å². The van der Waals surface area contributed by atoms with Gasteiger partial charge in [-0.15, -0.1) is 0 Å². The molecule has 2 amide bonds. The Kier molecular flexibility index (Phi) is 9.29. The Morgan fingerprint density at radius 2 is 1.79 bits per heavy atom. The monoisotopic (exact) mass is 556 g/mol. The molecule has 0 aromatic heterocycles. The second kappa shape index (κ2) is 11.8. The number of rotatable bonds is 8. The highest BCUT2D eigenvalue weighted by Gasteiger charge is 2.36. The zero-order valence-corrected chi connectivity index (χ0v) is 22.4. The predicted octanol–water partition coefficient (Wildman–Crippen LogP) is 6.33. The summed E-state index contributed by atoms with van der Waals surface area (Å²) in [5, 5.41) is 2.61. The average Bonchev–Trinajstić information content (AvgIpc) is 3.01. The number of nitrogens with one attached hydrogen (secondary N) is 1. The van der Waals surface area contributed by atoms with Gasteiger partial charge in [-0.3, -0.25) is 14.5 Å². The molecular formula is C24H23Cl3N2O3S2. The number of thioether (sulfide) groups is 1. The van der Waals surface area contributed by atoms with Crippen LogP contribution in [-0.2, 0) is 16.1 Å². The highest BCUT2D eigenvalue weighted by molar-refractivity contribution is 8.26. The number of hydrogen-bond donors (Lipinski definition) is 1. The van der Waals surface area contributed by atoms with Gasteiger partial charge in [0, 0.05) is 6.42 Å². The summed E-state index contributed by atoms with van der Waals surface area (Å²) < 4.78 is 4.38. The van der Waals surface area contributed by atoms with Gasteiger partial charge >= 0.3 is 0 Å². The molecule has 0 saturated carbocycles. The van der Waals surface area contributed by atoms with E-state index in [0.717, 1.165) is 11.1 Å². The summed E-state index contributed by atoms with van der Waals surface area (Å²) in [5.74, 6) is 0.134. The van der Waals surface area contributed by atoms with Gasteiger partial charge in [0.05, 0.1) is 11.4 Å². The molecule has 1 saturated heterocycles. The van der Waals surface area contributed by atoms with E-state index in [2.05, 4.69) is 5.32 Å². The smallest absolute Gasteiger partial charge is 0.266 e. The van der Waals surface area contributed by atoms with Crippen LogP contribution in [0, 0.1) is 5.92 Å². The second-order valence-corrected chi connectivity index (χ2v) is 12.1. The molecule has 1 aliphatic rings. The maximum absolute atomic E-state index is 12.9. The highest BCUT2D eigenvalue weighted by Crippen LogP contribution is 2.35. The summed E-state index contributed by atoms with van der Waals surface area (Å²) in [6.45, 7) is 4.26. The Morgan fingerprint density at radius 3 is 2.38 bits per heavy atom. The number of hydrogen-bond acceptors (Lipinski definition) is 5. The number of ether oxygens (including phenoxy) is 1. The lowest BCUT2D eigenvalue weighted by Crippen LogP contribution is -2.48. The molecular weight excluding hydrogens is 535 g/mol. The van der Waals surface area contributed by atoms with Gasteiger partial charge in [0.25, 0.3) is 5.91 Å². The van der Waals surface area contributed by atoms with E-state index in [1.54, 1.807) is 35.2 Å². The van der Waals surface area contributed by atoms with Crippen LogP contribution in [0.25, 0.3) is 6.08 Å². The standard InChI is InChI=1S/C24H23Cl3N2O3S2/c1-15(2)12-20(30)28-22(24(25,26)27)32-18-10-8-16(9-11-18)13-19-21(31)29(23(33)34-19)14-17-6-4-3-5-7-17/h3-11,13,15,22H,12,14H2,1-2H3,(H,28,30)/b19-13-. The molecule has 3 rings (SSSR count). The van der Waals surface area contributed by atoms with Gasteiger partial charge in [-0.2, -0.15) is 0 Å². The van der Waals surface area contributed by atoms with Gasteiger partial charge in [0.15, 0.2) is 0 Å². The summed E-state index contributed by atoms with van der Waals surface area (Å²) >= 11 is 24.7. The molecule has 0 spiro atoms. The molecule has 1 unspecified atom stereocenters. The first-order valence-corrected chi connectivity index (χ1v) is 12.8. The molecule has 1 fully saturated rings. The van der Waals surface area contributed by atoms with Crippen molar-refractivity contribution in [3.8, 4) is 5.75 Å². The van der Waals surface area contributed by atoms with E-state index in [0.29, 0.717) is 21.5 Å². The minimum Gasteiger partial charge on any atom is -0.466 e. The van der Waals surface area contributed by atoms with Crippen molar-refractivity contribution in [1.82, 2.24) is 10.2 Å². The first-order valence-electron chi connectivity index (χ1n) is 10.4. The topological polar surface area (TPSA) is 58.6 Å². The van der Waals surface area contributed by atoms with Crippen LogP contribution in [0.15, 0.2) is 59.5 Å². The minimum absolute atomic E-state index is 0.136. The van der Waals surface area contributed by atoms with Crippen molar-refractivity contribution < 1.29 is 14.3 Å². The van der Waals surface area contributed by atoms with Gasteiger partial charge in [-0.1, -0.05) is 115 Å². The molecule has 10 heteroatoms. The first kappa shape index (κ1) is 26.8. The maximum Gasteiger partial charge on any atom is 0.266 e. The lowest BCUT2D eigenvalue weighted by atomic mass is 10.1. The fraction of sp³-hybridized carbons (Fsp3) is 0.292. The fourth-order valence-corrected chi connectivity index (χ4v) is 4.64. The van der Waals surface area contributed by atoms with Gasteiger partial charge in [-0.25, -0.2) is 0 Å². The van der Waals surface area contributed by atoms with E-state index >= 15 is 0 Å². The van der Waals surface area contributed by atoms with Crippen molar-refractivity contribution >= 4 is 81.0 Å². The molecule has 0 bridgehead atoms. The van der Waals surface area contributed by atoms with Crippen LogP contribution < -0.4 is 10.1 Å². The summed E-state index contributed by atoms with van der Waals surface area (Å²) in [6, 6.07) is 16.6.